The molecule has 0 amide bonds. The van der Waals surface area contributed by atoms with Crippen LogP contribution in [-0.4, -0.2) is 10.2 Å². The van der Waals surface area contributed by atoms with Crippen LogP contribution in [0.2, 0.25) is 0 Å². The van der Waals surface area contributed by atoms with E-state index in [0.29, 0.717) is 0 Å². The van der Waals surface area contributed by atoms with Gasteiger partial charge in [-0.15, -0.1) is 22.1 Å². The summed E-state index contributed by atoms with van der Waals surface area (Å²) in [5, 5.41) is 7.39. The Balaban J connectivity index is 0.000000640. The normalized spacial score (nSPS) is 8.22. The molecule has 0 fully saturated rings. The molecule has 4 heteroatoms. The summed E-state index contributed by atoms with van der Waals surface area (Å²) in [5.41, 5.74) is 1.12. The summed E-state index contributed by atoms with van der Waals surface area (Å²) in [4.78, 5) is 0. The van der Waals surface area contributed by atoms with E-state index in [1.54, 1.807) is 6.20 Å². The average molecular weight is 254 g/mol. The lowest BCUT2D eigenvalue weighted by molar-refractivity contribution is 0.989. The monoisotopic (exact) mass is 252 g/mol. The number of aromatic nitrogens is 2. The van der Waals surface area contributed by atoms with Crippen molar-refractivity contribution in [2.75, 3.05) is 0 Å². The predicted octanol–water partition coefficient (Wildman–Crippen LogP) is 2.13. The number of rotatable bonds is 0. The van der Waals surface area contributed by atoms with Crippen LogP contribution in [0.1, 0.15) is 5.56 Å². The van der Waals surface area contributed by atoms with E-state index in [4.69, 9.17) is 0 Å². The van der Waals surface area contributed by atoms with Crippen LogP contribution in [0.5, 0.6) is 0 Å². The van der Waals surface area contributed by atoms with E-state index in [1.165, 1.54) is 0 Å². The molecule has 0 N–H and O–H groups in total. The summed E-state index contributed by atoms with van der Waals surface area (Å²) in [5.74, 6) is 0. The fourth-order valence-electron chi connectivity index (χ4n) is 0.429. The molecule has 0 unspecified atom stereocenters. The van der Waals surface area contributed by atoms with Crippen LogP contribution in [0.4, 0.5) is 0 Å². The zero-order chi connectivity index (χ0) is 5.98. The van der Waals surface area contributed by atoms with Crippen molar-refractivity contribution in [3.63, 3.8) is 0 Å². The fraction of sp³-hybridized carbons (Fsp3) is 0.200. The van der Waals surface area contributed by atoms with Gasteiger partial charge in [-0.2, -0.15) is 5.10 Å². The van der Waals surface area contributed by atoms with Gasteiger partial charge >= 0.3 is 0 Å². The first-order chi connectivity index (χ1) is 3.79. The standard InChI is InChI=1S/C5H5BrN2.BrH/c1-4-2-5(6)8-7-3-4;/h2-3H,1H3;1H. The molecule has 0 radical (unpaired) electrons. The summed E-state index contributed by atoms with van der Waals surface area (Å²) in [6.07, 6.45) is 1.71. The van der Waals surface area contributed by atoms with Gasteiger partial charge in [0.15, 0.2) is 0 Å². The van der Waals surface area contributed by atoms with Crippen LogP contribution in [0.15, 0.2) is 16.9 Å². The van der Waals surface area contributed by atoms with Crippen molar-refractivity contribution < 1.29 is 0 Å². The molecule has 1 aromatic heterocycles. The molecule has 0 aliphatic heterocycles. The second kappa shape index (κ2) is 3.95. The van der Waals surface area contributed by atoms with Crippen LogP contribution < -0.4 is 0 Å². The van der Waals surface area contributed by atoms with Crippen molar-refractivity contribution >= 4 is 32.9 Å². The number of halogens is 2. The first-order valence-corrected chi connectivity index (χ1v) is 3.03. The molecule has 0 saturated heterocycles. The summed E-state index contributed by atoms with van der Waals surface area (Å²) in [6, 6.07) is 1.91. The SMILES string of the molecule is Br.Cc1cnnc(Br)c1. The first kappa shape index (κ1) is 9.04. The van der Waals surface area contributed by atoms with Gasteiger partial charge < -0.3 is 0 Å². The van der Waals surface area contributed by atoms with Gasteiger partial charge in [0.05, 0.1) is 6.20 Å². The number of hydrogen-bond donors (Lipinski definition) is 0. The van der Waals surface area contributed by atoms with Gasteiger partial charge in [-0.05, 0) is 34.5 Å². The largest absolute Gasteiger partial charge is 0.158 e. The lowest BCUT2D eigenvalue weighted by Gasteiger charge is -1.86. The molecular formula is C5H6Br2N2. The van der Waals surface area contributed by atoms with Crippen LogP contribution in [0.3, 0.4) is 0 Å². The van der Waals surface area contributed by atoms with E-state index < -0.39 is 0 Å². The number of hydrogen-bond acceptors (Lipinski definition) is 2. The molecule has 1 heterocycles. The predicted molar refractivity (Wildman–Crippen MR) is 44.8 cm³/mol. The Hall–Kier alpha value is 0.0400. The lowest BCUT2D eigenvalue weighted by Crippen LogP contribution is -1.81. The molecular weight excluding hydrogens is 248 g/mol. The molecule has 2 nitrogen and oxygen atoms in total. The maximum atomic E-state index is 3.71. The third-order valence-electron chi connectivity index (χ3n) is 0.761. The van der Waals surface area contributed by atoms with Crippen molar-refractivity contribution in [1.29, 1.82) is 0 Å². The topological polar surface area (TPSA) is 25.8 Å². The van der Waals surface area contributed by atoms with Crippen LogP contribution in [0.25, 0.3) is 0 Å². The molecule has 0 aliphatic rings. The minimum atomic E-state index is 0. The van der Waals surface area contributed by atoms with Gasteiger partial charge in [0.25, 0.3) is 0 Å². The number of nitrogens with zero attached hydrogens (tertiary/aromatic N) is 2. The van der Waals surface area contributed by atoms with Gasteiger partial charge in [0, 0.05) is 0 Å². The Bertz CT molecular complexity index is 173. The van der Waals surface area contributed by atoms with Crippen molar-refractivity contribution in [2.24, 2.45) is 0 Å². The third-order valence-corrected chi connectivity index (χ3v) is 1.15. The zero-order valence-corrected chi connectivity index (χ0v) is 8.13. The molecule has 1 rings (SSSR count). The summed E-state index contributed by atoms with van der Waals surface area (Å²) >= 11 is 3.19. The maximum absolute atomic E-state index is 3.71. The van der Waals surface area contributed by atoms with E-state index in [1.807, 2.05) is 13.0 Å². The van der Waals surface area contributed by atoms with Crippen LogP contribution in [-0.2, 0) is 0 Å². The van der Waals surface area contributed by atoms with Crippen LogP contribution >= 0.6 is 32.9 Å². The van der Waals surface area contributed by atoms with E-state index in [-0.39, 0.29) is 17.0 Å². The van der Waals surface area contributed by atoms with Crippen molar-refractivity contribution in [1.82, 2.24) is 10.2 Å². The molecule has 0 atom stereocenters. The highest BCUT2D eigenvalue weighted by molar-refractivity contribution is 9.10. The lowest BCUT2D eigenvalue weighted by atomic mass is 10.4. The van der Waals surface area contributed by atoms with Gasteiger partial charge in [-0.1, -0.05) is 0 Å². The maximum Gasteiger partial charge on any atom is 0.129 e. The van der Waals surface area contributed by atoms with E-state index >= 15 is 0 Å². The molecule has 0 bridgehead atoms. The Morgan fingerprint density at radius 2 is 2.22 bits per heavy atom. The molecule has 50 valence electrons. The minimum Gasteiger partial charge on any atom is -0.158 e. The fourth-order valence-corrected chi connectivity index (χ4v) is 0.882. The second-order valence-electron chi connectivity index (χ2n) is 1.56. The Morgan fingerprint density at radius 1 is 1.56 bits per heavy atom. The molecule has 0 aliphatic carbocycles. The van der Waals surface area contributed by atoms with Crippen molar-refractivity contribution in [3.05, 3.63) is 22.4 Å². The van der Waals surface area contributed by atoms with E-state index in [9.17, 15) is 0 Å². The first-order valence-electron chi connectivity index (χ1n) is 2.24. The molecule has 9 heavy (non-hydrogen) atoms. The van der Waals surface area contributed by atoms with Crippen LogP contribution in [0, 0.1) is 6.92 Å². The van der Waals surface area contributed by atoms with Gasteiger partial charge in [0.1, 0.15) is 4.60 Å². The van der Waals surface area contributed by atoms with E-state index in [2.05, 4.69) is 26.1 Å². The highest BCUT2D eigenvalue weighted by Gasteiger charge is 1.85. The van der Waals surface area contributed by atoms with Gasteiger partial charge in [-0.25, -0.2) is 0 Å². The zero-order valence-electron chi connectivity index (χ0n) is 4.84. The smallest absolute Gasteiger partial charge is 0.129 e. The van der Waals surface area contributed by atoms with E-state index in [0.717, 1.165) is 10.2 Å². The minimum absolute atomic E-state index is 0. The second-order valence-corrected chi connectivity index (χ2v) is 2.37. The molecule has 0 saturated carbocycles. The quantitative estimate of drug-likeness (QED) is 0.708. The summed E-state index contributed by atoms with van der Waals surface area (Å²) < 4.78 is 0.789. The van der Waals surface area contributed by atoms with Gasteiger partial charge in [-0.3, -0.25) is 0 Å². The third kappa shape index (κ3) is 2.91. The highest BCUT2D eigenvalue weighted by atomic mass is 79.9. The Labute approximate surface area is 72.6 Å². The van der Waals surface area contributed by atoms with Crippen molar-refractivity contribution in [3.8, 4) is 0 Å². The Kier molecular flexibility index (Phi) is 3.97. The molecule has 0 spiro atoms. The highest BCUT2D eigenvalue weighted by Crippen LogP contribution is 2.03. The average Bonchev–Trinajstić information content (AvgIpc) is 1.64. The molecule has 0 aromatic carbocycles. The Morgan fingerprint density at radius 3 is 2.56 bits per heavy atom. The summed E-state index contributed by atoms with van der Waals surface area (Å²) in [7, 11) is 0. The summed E-state index contributed by atoms with van der Waals surface area (Å²) in [6.45, 7) is 1.97. The number of aryl methyl sites for hydroxylation is 1. The molecule has 1 aromatic rings. The van der Waals surface area contributed by atoms with Crippen molar-refractivity contribution in [2.45, 2.75) is 6.92 Å². The van der Waals surface area contributed by atoms with Gasteiger partial charge in [0.2, 0.25) is 0 Å².